The Morgan fingerprint density at radius 3 is 2.74 bits per heavy atom. The highest BCUT2D eigenvalue weighted by Gasteiger charge is 2.48. The SMILES string of the molecule is CC(=O)OC1(C#N)C=CC2=C(C1)C(Oc1ccc(O)nn1)C(C)C(C)(C)O2. The Kier molecular flexibility index (Phi) is 4.56. The first-order chi connectivity index (χ1) is 12.7. The molecule has 0 saturated heterocycles. The molecule has 27 heavy (non-hydrogen) atoms. The molecule has 142 valence electrons. The van der Waals surface area contributed by atoms with Crippen molar-refractivity contribution < 1.29 is 24.1 Å². The molecule has 3 atom stereocenters. The highest BCUT2D eigenvalue weighted by Crippen LogP contribution is 2.44. The zero-order valence-corrected chi connectivity index (χ0v) is 15.6. The Morgan fingerprint density at radius 2 is 2.15 bits per heavy atom. The van der Waals surface area contributed by atoms with Crippen LogP contribution in [0.15, 0.2) is 35.6 Å². The maximum atomic E-state index is 11.5. The molecule has 1 N–H and O–H groups in total. The average molecular weight is 371 g/mol. The quantitative estimate of drug-likeness (QED) is 0.806. The van der Waals surface area contributed by atoms with Gasteiger partial charge in [-0.3, -0.25) is 4.79 Å². The van der Waals surface area contributed by atoms with Gasteiger partial charge in [-0.25, -0.2) is 0 Å². The van der Waals surface area contributed by atoms with Crippen LogP contribution < -0.4 is 4.74 Å². The lowest BCUT2D eigenvalue weighted by Gasteiger charge is -2.45. The van der Waals surface area contributed by atoms with Crippen LogP contribution in [0.25, 0.3) is 0 Å². The number of hydrogen-bond donors (Lipinski definition) is 1. The maximum Gasteiger partial charge on any atom is 0.304 e. The van der Waals surface area contributed by atoms with Crippen LogP contribution in [-0.4, -0.2) is 38.6 Å². The van der Waals surface area contributed by atoms with Gasteiger partial charge >= 0.3 is 5.97 Å². The van der Waals surface area contributed by atoms with Crippen LogP contribution in [0, 0.1) is 17.2 Å². The first-order valence-electron chi connectivity index (χ1n) is 8.57. The van der Waals surface area contributed by atoms with Gasteiger partial charge in [-0.1, -0.05) is 6.92 Å². The third kappa shape index (κ3) is 3.58. The molecule has 2 aliphatic rings. The Hall–Kier alpha value is -3.08. The second kappa shape index (κ2) is 6.58. The van der Waals surface area contributed by atoms with Crippen LogP contribution in [0.5, 0.6) is 11.8 Å². The van der Waals surface area contributed by atoms with Crippen molar-refractivity contribution in [3.8, 4) is 17.8 Å². The lowest BCUT2D eigenvalue weighted by Crippen LogP contribution is -2.50. The average Bonchev–Trinajstić information content (AvgIpc) is 2.60. The summed E-state index contributed by atoms with van der Waals surface area (Å²) in [6.45, 7) is 7.14. The molecule has 0 radical (unpaired) electrons. The zero-order chi connectivity index (χ0) is 19.8. The van der Waals surface area contributed by atoms with E-state index in [0.717, 1.165) is 0 Å². The molecular weight excluding hydrogens is 350 g/mol. The molecule has 1 aliphatic carbocycles. The van der Waals surface area contributed by atoms with E-state index in [0.29, 0.717) is 11.3 Å². The molecule has 0 saturated carbocycles. The van der Waals surface area contributed by atoms with E-state index in [9.17, 15) is 15.2 Å². The number of carbonyl (C=O) groups is 1. The van der Waals surface area contributed by atoms with Gasteiger partial charge in [0, 0.05) is 37.0 Å². The summed E-state index contributed by atoms with van der Waals surface area (Å²) >= 11 is 0. The molecule has 0 spiro atoms. The van der Waals surface area contributed by atoms with Gasteiger partial charge < -0.3 is 19.3 Å². The summed E-state index contributed by atoms with van der Waals surface area (Å²) in [5, 5.41) is 26.4. The van der Waals surface area contributed by atoms with Crippen molar-refractivity contribution in [1.82, 2.24) is 10.2 Å². The number of aromatic hydroxyl groups is 1. The van der Waals surface area contributed by atoms with Crippen LogP contribution in [0.4, 0.5) is 0 Å². The Bertz CT molecular complexity index is 853. The number of nitriles is 1. The van der Waals surface area contributed by atoms with Crippen molar-refractivity contribution in [2.75, 3.05) is 0 Å². The van der Waals surface area contributed by atoms with Crippen molar-refractivity contribution >= 4 is 5.97 Å². The second-order valence-electron chi connectivity index (χ2n) is 7.26. The van der Waals surface area contributed by atoms with Crippen molar-refractivity contribution in [3.63, 3.8) is 0 Å². The molecule has 3 rings (SSSR count). The van der Waals surface area contributed by atoms with Gasteiger partial charge in [0.15, 0.2) is 0 Å². The first kappa shape index (κ1) is 18.7. The smallest absolute Gasteiger partial charge is 0.304 e. The Balaban J connectivity index is 1.99. The van der Waals surface area contributed by atoms with Crippen molar-refractivity contribution in [2.45, 2.75) is 51.4 Å². The number of ether oxygens (including phenoxy) is 3. The van der Waals surface area contributed by atoms with Gasteiger partial charge in [0.05, 0.1) is 0 Å². The highest BCUT2D eigenvalue weighted by atomic mass is 16.6. The van der Waals surface area contributed by atoms with E-state index < -0.39 is 23.3 Å². The molecule has 8 nitrogen and oxygen atoms in total. The number of allylic oxidation sites excluding steroid dienone is 1. The third-order valence-electron chi connectivity index (χ3n) is 4.93. The number of nitrogens with zero attached hydrogens (tertiary/aromatic N) is 3. The van der Waals surface area contributed by atoms with E-state index in [4.69, 9.17) is 14.2 Å². The standard InChI is InChI=1S/C19H21N3O5/c1-11-17(25-16-6-5-15(24)21-22-16)13-9-19(10-20,26-12(2)23)8-7-14(13)27-18(11,3)4/h5-8,11,17H,9H2,1-4H3,(H,21,24). The van der Waals surface area contributed by atoms with Crippen molar-refractivity contribution in [2.24, 2.45) is 5.92 Å². The number of esters is 1. The van der Waals surface area contributed by atoms with E-state index in [2.05, 4.69) is 16.3 Å². The molecule has 1 aliphatic heterocycles. The minimum atomic E-state index is -1.41. The van der Waals surface area contributed by atoms with Gasteiger partial charge in [0.1, 0.15) is 23.5 Å². The molecule has 0 aromatic carbocycles. The van der Waals surface area contributed by atoms with Crippen LogP contribution >= 0.6 is 0 Å². The van der Waals surface area contributed by atoms with Crippen LogP contribution in [0.3, 0.4) is 0 Å². The van der Waals surface area contributed by atoms with Gasteiger partial charge in [-0.15, -0.1) is 10.2 Å². The summed E-state index contributed by atoms with van der Waals surface area (Å²) in [5.41, 5.74) is -1.23. The molecule has 0 bridgehead atoms. The molecule has 0 fully saturated rings. The van der Waals surface area contributed by atoms with Crippen molar-refractivity contribution in [3.05, 3.63) is 35.6 Å². The van der Waals surface area contributed by atoms with E-state index >= 15 is 0 Å². The van der Waals surface area contributed by atoms with Crippen molar-refractivity contribution in [1.29, 1.82) is 5.26 Å². The minimum absolute atomic E-state index is 0.105. The van der Waals surface area contributed by atoms with Crippen LogP contribution in [0.2, 0.25) is 0 Å². The van der Waals surface area contributed by atoms with E-state index in [1.807, 2.05) is 20.8 Å². The number of aromatic nitrogens is 2. The van der Waals surface area contributed by atoms with Crippen LogP contribution in [-0.2, 0) is 14.3 Å². The fourth-order valence-corrected chi connectivity index (χ4v) is 3.23. The zero-order valence-electron chi connectivity index (χ0n) is 15.6. The molecule has 0 amide bonds. The summed E-state index contributed by atoms with van der Waals surface area (Å²) in [4.78, 5) is 11.5. The monoisotopic (exact) mass is 371 g/mol. The third-order valence-corrected chi connectivity index (χ3v) is 4.93. The lowest BCUT2D eigenvalue weighted by molar-refractivity contribution is -0.149. The predicted octanol–water partition coefficient (Wildman–Crippen LogP) is 2.41. The van der Waals surface area contributed by atoms with E-state index in [1.54, 1.807) is 6.08 Å². The highest BCUT2D eigenvalue weighted by molar-refractivity contribution is 5.67. The minimum Gasteiger partial charge on any atom is -0.492 e. The summed E-state index contributed by atoms with van der Waals surface area (Å²) in [6.07, 6.45) is 2.84. The topological polar surface area (TPSA) is 115 Å². The normalized spacial score (nSPS) is 28.6. The Morgan fingerprint density at radius 1 is 1.41 bits per heavy atom. The van der Waals surface area contributed by atoms with Crippen LogP contribution in [0.1, 0.15) is 34.1 Å². The molecule has 1 aromatic heterocycles. The molecular formula is C19H21N3O5. The largest absolute Gasteiger partial charge is 0.492 e. The predicted molar refractivity (Wildman–Crippen MR) is 93.3 cm³/mol. The van der Waals surface area contributed by atoms with Gasteiger partial charge in [-0.05, 0) is 26.0 Å². The van der Waals surface area contributed by atoms with Gasteiger partial charge in [0.2, 0.25) is 17.4 Å². The summed E-state index contributed by atoms with van der Waals surface area (Å²) in [6, 6.07) is 4.97. The summed E-state index contributed by atoms with van der Waals surface area (Å²) < 4.78 is 17.5. The molecule has 2 heterocycles. The summed E-state index contributed by atoms with van der Waals surface area (Å²) in [5.74, 6) is -0.0301. The fraction of sp³-hybridized carbons (Fsp3) is 0.474. The van der Waals surface area contributed by atoms with Gasteiger partial charge in [0.25, 0.3) is 0 Å². The number of carbonyl (C=O) groups excluding carboxylic acids is 1. The second-order valence-corrected chi connectivity index (χ2v) is 7.26. The maximum absolute atomic E-state index is 11.5. The fourth-order valence-electron chi connectivity index (χ4n) is 3.23. The van der Waals surface area contributed by atoms with E-state index in [-0.39, 0.29) is 24.1 Å². The summed E-state index contributed by atoms with van der Waals surface area (Å²) in [7, 11) is 0. The first-order valence-corrected chi connectivity index (χ1v) is 8.57. The number of hydrogen-bond acceptors (Lipinski definition) is 8. The Labute approximate surface area is 157 Å². The lowest BCUT2D eigenvalue weighted by atomic mass is 9.76. The molecule has 1 aromatic rings. The molecule has 8 heteroatoms. The van der Waals surface area contributed by atoms with E-state index in [1.165, 1.54) is 25.1 Å². The number of rotatable bonds is 3. The van der Waals surface area contributed by atoms with Gasteiger partial charge in [-0.2, -0.15) is 5.26 Å². The molecule has 3 unspecified atom stereocenters.